The molecule has 5 rings (SSSR count). The van der Waals surface area contributed by atoms with Crippen molar-refractivity contribution in [1.29, 1.82) is 0 Å². The molecule has 4 aromatic carbocycles. The van der Waals surface area contributed by atoms with E-state index < -0.39 is 0 Å². The second-order valence-electron chi connectivity index (χ2n) is 7.81. The molecule has 0 amide bonds. The first-order valence-corrected chi connectivity index (χ1v) is 13.4. The van der Waals surface area contributed by atoms with Crippen molar-refractivity contribution < 1.29 is 0 Å². The highest BCUT2D eigenvalue weighted by atomic mass is 127. The van der Waals surface area contributed by atoms with E-state index in [2.05, 4.69) is 98.6 Å². The average Bonchev–Trinajstić information content (AvgIpc) is 2.89. The van der Waals surface area contributed by atoms with E-state index in [1.165, 1.54) is 0 Å². The number of anilines is 4. The van der Waals surface area contributed by atoms with Crippen molar-refractivity contribution in [2.75, 3.05) is 16.2 Å². The van der Waals surface area contributed by atoms with Crippen LogP contribution in [0.5, 0.6) is 0 Å². The Bertz CT molecular complexity index is 1520. The lowest BCUT2D eigenvalue weighted by molar-refractivity contribution is 1.02. The molecule has 0 aliphatic heterocycles. The van der Waals surface area contributed by atoms with Crippen LogP contribution in [0.1, 0.15) is 11.1 Å². The van der Waals surface area contributed by atoms with Gasteiger partial charge in [-0.05, 0) is 92.0 Å². The summed E-state index contributed by atoms with van der Waals surface area (Å²) in [5.41, 5.74) is 8.61. The van der Waals surface area contributed by atoms with Crippen LogP contribution in [0.15, 0.2) is 101 Å². The number of fused-ring (bicyclic) bond motifs is 1. The minimum atomic E-state index is 0.270. The maximum Gasteiger partial charge on any atom is 0.250 e. The van der Waals surface area contributed by atoms with E-state index in [9.17, 15) is 0 Å². The van der Waals surface area contributed by atoms with Gasteiger partial charge in [-0.3, -0.25) is 0 Å². The summed E-state index contributed by atoms with van der Waals surface area (Å²) in [4.78, 5) is 13.4. The number of halogens is 2. The maximum absolute atomic E-state index is 4.51. The third kappa shape index (κ3) is 6.98. The number of rotatable bonds is 8. The van der Waals surface area contributed by atoms with Gasteiger partial charge in [0.25, 0.3) is 0 Å². The van der Waals surface area contributed by atoms with E-state index in [0.29, 0.717) is 5.95 Å². The maximum atomic E-state index is 4.51. The molecule has 0 saturated carbocycles. The Morgan fingerprint density at radius 1 is 0.595 bits per heavy atom. The van der Waals surface area contributed by atoms with Crippen molar-refractivity contribution in [2.24, 2.45) is 10.2 Å². The summed E-state index contributed by atoms with van der Waals surface area (Å²) in [7, 11) is 0. The van der Waals surface area contributed by atoms with E-state index in [1.807, 2.05) is 78.9 Å². The van der Waals surface area contributed by atoms with Crippen molar-refractivity contribution in [3.63, 3.8) is 0 Å². The first-order chi connectivity index (χ1) is 18.1. The van der Waals surface area contributed by atoms with Crippen LogP contribution in [-0.4, -0.2) is 27.4 Å². The molecule has 0 aliphatic carbocycles. The van der Waals surface area contributed by atoms with Gasteiger partial charge >= 0.3 is 0 Å². The minimum absolute atomic E-state index is 0.270. The lowest BCUT2D eigenvalue weighted by Gasteiger charge is -2.10. The average molecular weight is 710 g/mol. The van der Waals surface area contributed by atoms with E-state index in [-0.39, 0.29) is 11.9 Å². The third-order valence-electron chi connectivity index (χ3n) is 5.13. The Hall–Kier alpha value is -3.65. The summed E-state index contributed by atoms with van der Waals surface area (Å²) < 4.78 is 2.25. The zero-order valence-corrected chi connectivity index (χ0v) is 23.6. The highest BCUT2D eigenvalue weighted by Gasteiger charge is 2.08. The SMILES string of the molecule is Ic1cccc(/C=N\Nc2nc(N/N=C\c3cccc(I)c3)nc(Nc3cccc4ccccc34)n2)c1. The van der Waals surface area contributed by atoms with Crippen molar-refractivity contribution in [2.45, 2.75) is 0 Å². The summed E-state index contributed by atoms with van der Waals surface area (Å²) in [6.07, 6.45) is 3.43. The summed E-state index contributed by atoms with van der Waals surface area (Å²) in [6.45, 7) is 0. The molecule has 10 heteroatoms. The van der Waals surface area contributed by atoms with Gasteiger partial charge in [0.15, 0.2) is 0 Å². The first-order valence-electron chi connectivity index (χ1n) is 11.2. The molecule has 0 unspecified atom stereocenters. The summed E-state index contributed by atoms with van der Waals surface area (Å²) in [5.74, 6) is 0.892. The molecule has 1 aromatic heterocycles. The molecule has 8 nitrogen and oxygen atoms in total. The molecule has 182 valence electrons. The van der Waals surface area contributed by atoms with Gasteiger partial charge in [-0.25, -0.2) is 10.9 Å². The standard InChI is InChI=1S/C27H20I2N8/c28-21-10-3-6-18(14-21)16-30-36-26-33-25(32-24-13-5-9-20-8-1-2-12-23(20)24)34-27(35-26)37-31-17-19-7-4-11-22(29)15-19/h1-17H,(H3,32,33,34,35,36,37)/b30-16-,31-17-. The molecule has 0 aliphatic rings. The van der Waals surface area contributed by atoms with Crippen LogP contribution in [-0.2, 0) is 0 Å². The molecule has 5 aromatic rings. The second-order valence-corrected chi connectivity index (χ2v) is 10.3. The predicted molar refractivity (Wildman–Crippen MR) is 168 cm³/mol. The van der Waals surface area contributed by atoms with Crippen molar-refractivity contribution in [3.05, 3.63) is 109 Å². The number of hydrogen-bond acceptors (Lipinski definition) is 8. The Morgan fingerprint density at radius 2 is 1.14 bits per heavy atom. The third-order valence-corrected chi connectivity index (χ3v) is 6.47. The fourth-order valence-corrected chi connectivity index (χ4v) is 4.62. The topological polar surface area (TPSA) is 99.5 Å². The predicted octanol–water partition coefficient (Wildman–Crippen LogP) is 6.87. The molecule has 1 heterocycles. The highest BCUT2D eigenvalue weighted by molar-refractivity contribution is 14.1. The highest BCUT2D eigenvalue weighted by Crippen LogP contribution is 2.25. The summed E-state index contributed by atoms with van der Waals surface area (Å²) >= 11 is 4.53. The lowest BCUT2D eigenvalue weighted by atomic mass is 10.1. The van der Waals surface area contributed by atoms with Crippen molar-refractivity contribution >= 4 is 91.9 Å². The largest absolute Gasteiger partial charge is 0.323 e. The molecule has 0 radical (unpaired) electrons. The van der Waals surface area contributed by atoms with Crippen LogP contribution in [0, 0.1) is 7.14 Å². The van der Waals surface area contributed by atoms with Gasteiger partial charge in [-0.15, -0.1) is 0 Å². The fraction of sp³-hybridized carbons (Fsp3) is 0. The number of nitrogens with zero attached hydrogens (tertiary/aromatic N) is 5. The molecule has 37 heavy (non-hydrogen) atoms. The Balaban J connectivity index is 1.41. The van der Waals surface area contributed by atoms with Gasteiger partial charge < -0.3 is 5.32 Å². The molecule has 0 fully saturated rings. The van der Waals surface area contributed by atoms with Crippen LogP contribution in [0.4, 0.5) is 23.5 Å². The first kappa shape index (κ1) is 25.0. The molecular weight excluding hydrogens is 690 g/mol. The van der Waals surface area contributed by atoms with E-state index in [1.54, 1.807) is 12.4 Å². The molecule has 0 spiro atoms. The number of nitrogens with one attached hydrogen (secondary N) is 3. The molecule has 0 atom stereocenters. The number of hydrogen-bond donors (Lipinski definition) is 3. The van der Waals surface area contributed by atoms with Crippen molar-refractivity contribution in [1.82, 2.24) is 15.0 Å². The Labute approximate surface area is 241 Å². The Morgan fingerprint density at radius 3 is 1.76 bits per heavy atom. The molecule has 0 saturated heterocycles. The lowest BCUT2D eigenvalue weighted by Crippen LogP contribution is -2.07. The number of aromatic nitrogens is 3. The van der Waals surface area contributed by atoms with E-state index >= 15 is 0 Å². The van der Waals surface area contributed by atoms with Gasteiger partial charge in [-0.1, -0.05) is 60.7 Å². The monoisotopic (exact) mass is 710 g/mol. The molecule has 3 N–H and O–H groups in total. The van der Waals surface area contributed by atoms with Crippen molar-refractivity contribution in [3.8, 4) is 0 Å². The minimum Gasteiger partial charge on any atom is -0.323 e. The van der Waals surface area contributed by atoms with E-state index in [0.717, 1.165) is 34.7 Å². The fourth-order valence-electron chi connectivity index (χ4n) is 3.49. The second kappa shape index (κ2) is 12.1. The van der Waals surface area contributed by atoms with Crippen LogP contribution in [0.2, 0.25) is 0 Å². The van der Waals surface area contributed by atoms with Gasteiger partial charge in [0, 0.05) is 18.2 Å². The molecule has 0 bridgehead atoms. The molecular formula is C27H20I2N8. The smallest absolute Gasteiger partial charge is 0.250 e. The Kier molecular flexibility index (Phi) is 8.15. The van der Waals surface area contributed by atoms with E-state index in [4.69, 9.17) is 0 Å². The van der Waals surface area contributed by atoms with Crippen LogP contribution in [0.25, 0.3) is 10.8 Å². The quantitative estimate of drug-likeness (QED) is 0.0925. The number of hydrazone groups is 2. The van der Waals surface area contributed by atoms with Gasteiger partial charge in [0.2, 0.25) is 17.8 Å². The zero-order chi connectivity index (χ0) is 25.5. The van der Waals surface area contributed by atoms with Gasteiger partial charge in [-0.2, -0.15) is 25.2 Å². The normalized spacial score (nSPS) is 11.3. The van der Waals surface area contributed by atoms with Crippen LogP contribution in [0.3, 0.4) is 0 Å². The summed E-state index contributed by atoms with van der Waals surface area (Å²) in [5, 5.41) is 14.1. The van der Waals surface area contributed by atoms with Crippen LogP contribution >= 0.6 is 45.2 Å². The van der Waals surface area contributed by atoms with Gasteiger partial charge in [0.1, 0.15) is 0 Å². The van der Waals surface area contributed by atoms with Crippen LogP contribution < -0.4 is 16.2 Å². The van der Waals surface area contributed by atoms with Gasteiger partial charge in [0.05, 0.1) is 12.4 Å². The summed E-state index contributed by atoms with van der Waals surface area (Å²) in [6, 6.07) is 30.2. The number of benzene rings is 4. The zero-order valence-electron chi connectivity index (χ0n) is 19.3.